The SMILES string of the molecule is CS(=O)(=O)c1ncc(Cl)c(C(=O)C(C#N)c2nc(-c3ccccc3)cs2)n1. The van der Waals surface area contributed by atoms with Crippen molar-refractivity contribution in [1.82, 2.24) is 15.0 Å². The number of rotatable bonds is 5. The fourth-order valence-electron chi connectivity index (χ4n) is 2.23. The first kappa shape index (κ1) is 19.1. The van der Waals surface area contributed by atoms with Gasteiger partial charge >= 0.3 is 0 Å². The Labute approximate surface area is 164 Å². The van der Waals surface area contributed by atoms with E-state index in [1.165, 1.54) is 0 Å². The molecule has 0 N–H and O–H groups in total. The third-order valence-electron chi connectivity index (χ3n) is 3.52. The number of benzene rings is 1. The second-order valence-electron chi connectivity index (χ2n) is 5.48. The molecule has 1 aromatic carbocycles. The minimum atomic E-state index is -3.73. The molecule has 27 heavy (non-hydrogen) atoms. The number of hydrogen-bond donors (Lipinski definition) is 0. The molecule has 3 aromatic rings. The van der Waals surface area contributed by atoms with Gasteiger partial charge in [-0.2, -0.15) is 5.26 Å². The van der Waals surface area contributed by atoms with E-state index < -0.39 is 26.7 Å². The molecule has 0 fully saturated rings. The van der Waals surface area contributed by atoms with E-state index in [1.54, 1.807) is 5.38 Å². The van der Waals surface area contributed by atoms with Crippen LogP contribution in [0.4, 0.5) is 0 Å². The van der Waals surface area contributed by atoms with Gasteiger partial charge in [-0.3, -0.25) is 4.79 Å². The summed E-state index contributed by atoms with van der Waals surface area (Å²) < 4.78 is 23.3. The Morgan fingerprint density at radius 3 is 2.59 bits per heavy atom. The Kier molecular flexibility index (Phi) is 5.32. The molecule has 0 aliphatic heterocycles. The van der Waals surface area contributed by atoms with E-state index >= 15 is 0 Å². The van der Waals surface area contributed by atoms with Crippen LogP contribution < -0.4 is 0 Å². The maximum Gasteiger partial charge on any atom is 0.247 e. The Balaban J connectivity index is 1.99. The molecule has 0 saturated heterocycles. The van der Waals surface area contributed by atoms with E-state index in [9.17, 15) is 18.5 Å². The van der Waals surface area contributed by atoms with Gasteiger partial charge in [0, 0.05) is 17.2 Å². The van der Waals surface area contributed by atoms with E-state index in [1.807, 2.05) is 36.4 Å². The van der Waals surface area contributed by atoms with E-state index in [-0.39, 0.29) is 15.7 Å². The summed E-state index contributed by atoms with van der Waals surface area (Å²) in [4.78, 5) is 24.5. The molecule has 3 rings (SSSR count). The van der Waals surface area contributed by atoms with Gasteiger partial charge in [0.15, 0.2) is 5.92 Å². The first-order valence-corrected chi connectivity index (χ1v) is 10.6. The van der Waals surface area contributed by atoms with Crippen molar-refractivity contribution >= 4 is 38.6 Å². The van der Waals surface area contributed by atoms with Gasteiger partial charge in [0.2, 0.25) is 20.8 Å². The molecule has 0 bridgehead atoms. The molecule has 0 amide bonds. The Morgan fingerprint density at radius 1 is 1.26 bits per heavy atom. The number of carbonyl (C=O) groups is 1. The van der Waals surface area contributed by atoms with Gasteiger partial charge in [-0.05, 0) is 0 Å². The molecule has 2 heterocycles. The van der Waals surface area contributed by atoms with Crippen molar-refractivity contribution in [1.29, 1.82) is 5.26 Å². The Bertz CT molecular complexity index is 1150. The number of sulfone groups is 1. The molecule has 0 aliphatic carbocycles. The Hall–Kier alpha value is -2.67. The van der Waals surface area contributed by atoms with Crippen LogP contribution in [-0.4, -0.2) is 35.4 Å². The zero-order chi connectivity index (χ0) is 19.6. The lowest BCUT2D eigenvalue weighted by atomic mass is 10.0. The molecule has 0 spiro atoms. The van der Waals surface area contributed by atoms with Gasteiger partial charge < -0.3 is 0 Å². The number of ketones is 1. The first-order valence-electron chi connectivity index (χ1n) is 7.48. The minimum Gasteiger partial charge on any atom is -0.290 e. The largest absolute Gasteiger partial charge is 0.290 e. The average molecular weight is 419 g/mol. The van der Waals surface area contributed by atoms with Crippen LogP contribution in [-0.2, 0) is 9.84 Å². The summed E-state index contributed by atoms with van der Waals surface area (Å²) in [6.45, 7) is 0. The highest BCUT2D eigenvalue weighted by Gasteiger charge is 2.29. The van der Waals surface area contributed by atoms with Crippen LogP contribution in [0.25, 0.3) is 11.3 Å². The maximum atomic E-state index is 12.8. The van der Waals surface area contributed by atoms with Crippen molar-refractivity contribution in [3.63, 3.8) is 0 Å². The predicted octanol–water partition coefficient (Wildman–Crippen LogP) is 3.15. The normalized spacial score (nSPS) is 12.3. The zero-order valence-corrected chi connectivity index (χ0v) is 16.2. The number of hydrogen-bond acceptors (Lipinski definition) is 8. The van der Waals surface area contributed by atoms with Crippen molar-refractivity contribution in [2.45, 2.75) is 11.1 Å². The van der Waals surface area contributed by atoms with Crippen LogP contribution in [0.2, 0.25) is 5.02 Å². The summed E-state index contributed by atoms with van der Waals surface area (Å²) in [7, 11) is -3.73. The monoisotopic (exact) mass is 418 g/mol. The highest BCUT2D eigenvalue weighted by molar-refractivity contribution is 7.90. The van der Waals surface area contributed by atoms with Crippen molar-refractivity contribution in [2.24, 2.45) is 0 Å². The summed E-state index contributed by atoms with van der Waals surface area (Å²) in [6, 6.07) is 11.2. The van der Waals surface area contributed by atoms with E-state index in [2.05, 4.69) is 15.0 Å². The summed E-state index contributed by atoms with van der Waals surface area (Å²) >= 11 is 7.12. The molecular formula is C17H11ClN4O3S2. The highest BCUT2D eigenvalue weighted by atomic mass is 35.5. The minimum absolute atomic E-state index is 0.132. The lowest BCUT2D eigenvalue weighted by Crippen LogP contribution is -2.16. The van der Waals surface area contributed by atoms with Crippen LogP contribution in [0.5, 0.6) is 0 Å². The molecular weight excluding hydrogens is 408 g/mol. The van der Waals surface area contributed by atoms with Gasteiger partial charge in [-0.1, -0.05) is 41.9 Å². The van der Waals surface area contributed by atoms with Gasteiger partial charge in [0.1, 0.15) is 10.7 Å². The van der Waals surface area contributed by atoms with Crippen molar-refractivity contribution in [2.75, 3.05) is 6.26 Å². The van der Waals surface area contributed by atoms with Crippen LogP contribution in [0.15, 0.2) is 47.1 Å². The third kappa shape index (κ3) is 4.03. The van der Waals surface area contributed by atoms with Gasteiger partial charge in [0.25, 0.3) is 0 Å². The van der Waals surface area contributed by atoms with Crippen LogP contribution in [0, 0.1) is 11.3 Å². The molecule has 0 radical (unpaired) electrons. The van der Waals surface area contributed by atoms with Crippen molar-refractivity contribution in [3.05, 3.63) is 57.6 Å². The van der Waals surface area contributed by atoms with E-state index in [4.69, 9.17) is 11.6 Å². The number of halogens is 1. The topological polar surface area (TPSA) is 114 Å². The van der Waals surface area contributed by atoms with Gasteiger partial charge in [-0.25, -0.2) is 23.4 Å². The summed E-state index contributed by atoms with van der Waals surface area (Å²) in [5, 5.41) is 10.9. The third-order valence-corrected chi connectivity index (χ3v) is 5.56. The molecule has 1 atom stereocenters. The lowest BCUT2D eigenvalue weighted by Gasteiger charge is -2.07. The van der Waals surface area contributed by atoms with Gasteiger partial charge in [-0.15, -0.1) is 11.3 Å². The van der Waals surface area contributed by atoms with Gasteiger partial charge in [0.05, 0.1) is 23.0 Å². The zero-order valence-electron chi connectivity index (χ0n) is 13.8. The van der Waals surface area contributed by atoms with E-state index in [0.717, 1.165) is 29.4 Å². The van der Waals surface area contributed by atoms with Crippen molar-refractivity contribution in [3.8, 4) is 17.3 Å². The number of nitrogens with zero attached hydrogens (tertiary/aromatic N) is 4. The summed E-state index contributed by atoms with van der Waals surface area (Å²) in [5.74, 6) is -1.99. The van der Waals surface area contributed by atoms with E-state index in [0.29, 0.717) is 5.69 Å². The van der Waals surface area contributed by atoms with Crippen LogP contribution in [0.3, 0.4) is 0 Å². The first-order chi connectivity index (χ1) is 12.8. The standard InChI is InChI=1S/C17H11ClN4O3S2/c1-27(24,25)17-20-8-12(18)14(22-17)15(23)11(7-19)16-21-13(9-26-16)10-5-3-2-4-6-10/h2-6,8-9,11H,1H3. The summed E-state index contributed by atoms with van der Waals surface area (Å²) in [5.41, 5.74) is 1.16. The molecule has 136 valence electrons. The molecule has 7 nitrogen and oxygen atoms in total. The second kappa shape index (κ2) is 7.52. The number of carbonyl (C=O) groups excluding carboxylic acids is 1. The average Bonchev–Trinajstić information content (AvgIpc) is 3.12. The molecule has 10 heteroatoms. The second-order valence-corrected chi connectivity index (χ2v) is 8.69. The number of Topliss-reactive ketones (excluding diaryl/α,β-unsaturated/α-hetero) is 1. The smallest absolute Gasteiger partial charge is 0.247 e. The molecule has 1 unspecified atom stereocenters. The Morgan fingerprint density at radius 2 is 1.96 bits per heavy atom. The maximum absolute atomic E-state index is 12.8. The molecule has 0 aliphatic rings. The van der Waals surface area contributed by atoms with Crippen LogP contribution >= 0.6 is 22.9 Å². The quantitative estimate of drug-likeness (QED) is 0.461. The number of aromatic nitrogens is 3. The predicted molar refractivity (Wildman–Crippen MR) is 100 cm³/mol. The molecule has 0 saturated carbocycles. The molecule has 2 aromatic heterocycles. The van der Waals surface area contributed by atoms with Crippen LogP contribution in [0.1, 0.15) is 21.4 Å². The van der Waals surface area contributed by atoms with Crippen molar-refractivity contribution < 1.29 is 13.2 Å². The summed E-state index contributed by atoms with van der Waals surface area (Å²) in [6.07, 6.45) is 1.95. The highest BCUT2D eigenvalue weighted by Crippen LogP contribution is 2.29. The lowest BCUT2D eigenvalue weighted by molar-refractivity contribution is 0.0973. The fraction of sp³-hybridized carbons (Fsp3) is 0.118. The number of thiazole rings is 1. The fourth-order valence-corrected chi connectivity index (χ4v) is 3.78. The number of nitriles is 1.